The molecule has 0 radical (unpaired) electrons. The third-order valence-electron chi connectivity index (χ3n) is 2.79. The quantitative estimate of drug-likeness (QED) is 0.808. The van der Waals surface area contributed by atoms with Gasteiger partial charge < -0.3 is 0 Å². The molecule has 0 aliphatic heterocycles. The average Bonchev–Trinajstić information content (AvgIpc) is 2.65. The summed E-state index contributed by atoms with van der Waals surface area (Å²) in [5.74, 6) is 0. The fourth-order valence-electron chi connectivity index (χ4n) is 1.44. The minimum absolute atomic E-state index is 0.389. The van der Waals surface area contributed by atoms with Crippen LogP contribution in [0.1, 0.15) is 31.6 Å². The summed E-state index contributed by atoms with van der Waals surface area (Å²) in [5, 5.41) is 0.781. The van der Waals surface area contributed by atoms with E-state index in [9.17, 15) is 8.42 Å². The van der Waals surface area contributed by atoms with Crippen molar-refractivity contribution in [2.45, 2.75) is 43.4 Å². The molecule has 0 saturated heterocycles. The van der Waals surface area contributed by atoms with Crippen LogP contribution in [0.3, 0.4) is 0 Å². The van der Waals surface area contributed by atoms with Crippen LogP contribution in [-0.2, 0) is 10.0 Å². The Balaban J connectivity index is 2.93. The summed E-state index contributed by atoms with van der Waals surface area (Å²) in [6.45, 7) is 5.83. The van der Waals surface area contributed by atoms with Crippen molar-refractivity contribution < 1.29 is 8.42 Å². The van der Waals surface area contributed by atoms with Crippen LogP contribution in [0.2, 0.25) is 0 Å². The Kier molecular flexibility index (Phi) is 5.19. The fourth-order valence-corrected chi connectivity index (χ4v) is 5.11. The lowest BCUT2D eigenvalue weighted by Gasteiger charge is -2.28. The molecule has 1 heterocycles. The van der Waals surface area contributed by atoms with E-state index < -0.39 is 10.0 Å². The van der Waals surface area contributed by atoms with E-state index in [4.69, 9.17) is 0 Å². The van der Waals surface area contributed by atoms with Crippen LogP contribution in [0, 0.1) is 6.92 Å². The first-order valence-electron chi connectivity index (χ1n) is 5.49. The van der Waals surface area contributed by atoms with Crippen molar-refractivity contribution in [1.29, 1.82) is 0 Å². The van der Waals surface area contributed by atoms with Crippen molar-refractivity contribution in [2.75, 3.05) is 5.33 Å². The van der Waals surface area contributed by atoms with Gasteiger partial charge in [-0.05, 0) is 38.8 Å². The second kappa shape index (κ2) is 5.82. The summed E-state index contributed by atoms with van der Waals surface area (Å²) < 4.78 is 27.6. The molecule has 1 aromatic heterocycles. The number of hydrogen-bond acceptors (Lipinski definition) is 3. The van der Waals surface area contributed by atoms with Crippen LogP contribution < -0.4 is 4.72 Å². The summed E-state index contributed by atoms with van der Waals surface area (Å²) in [6.07, 6.45) is 1.54. The molecule has 1 rings (SSSR count). The van der Waals surface area contributed by atoms with E-state index in [-0.39, 0.29) is 5.54 Å². The van der Waals surface area contributed by atoms with Gasteiger partial charge in [-0.15, -0.1) is 11.3 Å². The van der Waals surface area contributed by atoms with Crippen LogP contribution in [0.15, 0.2) is 16.3 Å². The smallest absolute Gasteiger partial charge is 0.206 e. The molecule has 1 atom stereocenters. The third kappa shape index (κ3) is 4.05. The van der Waals surface area contributed by atoms with Crippen LogP contribution in [-0.4, -0.2) is 19.3 Å². The lowest BCUT2D eigenvalue weighted by molar-refractivity contribution is 0.393. The minimum Gasteiger partial charge on any atom is -0.206 e. The van der Waals surface area contributed by atoms with Gasteiger partial charge in [0.15, 0.2) is 0 Å². The van der Waals surface area contributed by atoms with Gasteiger partial charge in [0.2, 0.25) is 0 Å². The van der Waals surface area contributed by atoms with E-state index in [0.717, 1.165) is 23.0 Å². The number of rotatable bonds is 6. The molecule has 17 heavy (non-hydrogen) atoms. The Morgan fingerprint density at radius 2 is 2.12 bits per heavy atom. The zero-order valence-corrected chi connectivity index (χ0v) is 13.5. The summed E-state index contributed by atoms with van der Waals surface area (Å²) in [6, 6.07) is 3.49. The van der Waals surface area contributed by atoms with Gasteiger partial charge in [0, 0.05) is 15.7 Å². The molecule has 98 valence electrons. The largest absolute Gasteiger partial charge is 0.250 e. The SMILES string of the molecule is CCC(C)(CCBr)NS(=O)(=O)c1ccc(C)s1. The second-order valence-corrected chi connectivity index (χ2v) is 8.31. The highest BCUT2D eigenvalue weighted by Crippen LogP contribution is 2.24. The van der Waals surface area contributed by atoms with Crippen molar-refractivity contribution in [1.82, 2.24) is 4.72 Å². The zero-order valence-electron chi connectivity index (χ0n) is 10.3. The van der Waals surface area contributed by atoms with Gasteiger partial charge >= 0.3 is 0 Å². The molecule has 0 saturated carbocycles. The Labute approximate surface area is 116 Å². The highest BCUT2D eigenvalue weighted by molar-refractivity contribution is 9.09. The number of nitrogens with one attached hydrogen (secondary N) is 1. The lowest BCUT2D eigenvalue weighted by Crippen LogP contribution is -2.45. The predicted octanol–water partition coefficient (Wildman–Crippen LogP) is 3.29. The number of alkyl halides is 1. The Morgan fingerprint density at radius 1 is 1.47 bits per heavy atom. The molecule has 0 amide bonds. The van der Waals surface area contributed by atoms with Gasteiger partial charge in [-0.2, -0.15) is 0 Å². The number of thiophene rings is 1. The van der Waals surface area contributed by atoms with Crippen molar-refractivity contribution in [3.05, 3.63) is 17.0 Å². The van der Waals surface area contributed by atoms with Crippen molar-refractivity contribution in [3.63, 3.8) is 0 Å². The topological polar surface area (TPSA) is 46.2 Å². The van der Waals surface area contributed by atoms with Crippen molar-refractivity contribution in [3.8, 4) is 0 Å². The van der Waals surface area contributed by atoms with Gasteiger partial charge in [0.05, 0.1) is 0 Å². The highest BCUT2D eigenvalue weighted by Gasteiger charge is 2.29. The summed E-state index contributed by atoms with van der Waals surface area (Å²) in [4.78, 5) is 1.00. The van der Waals surface area contributed by atoms with Crippen LogP contribution in [0.5, 0.6) is 0 Å². The predicted molar refractivity (Wildman–Crippen MR) is 76.5 cm³/mol. The first-order valence-corrected chi connectivity index (χ1v) is 8.91. The second-order valence-electron chi connectivity index (χ2n) is 4.32. The third-order valence-corrected chi connectivity index (χ3v) is 6.32. The standard InChI is InChI=1S/C11H18BrNO2S2/c1-4-11(3,7-8-12)13-17(14,15)10-6-5-9(2)16-10/h5-6,13H,4,7-8H2,1-3H3. The molecule has 0 fully saturated rings. The van der Waals surface area contributed by atoms with Gasteiger partial charge in [0.1, 0.15) is 4.21 Å². The minimum atomic E-state index is -3.38. The average molecular weight is 340 g/mol. The number of aryl methyl sites for hydroxylation is 1. The molecule has 3 nitrogen and oxygen atoms in total. The monoisotopic (exact) mass is 339 g/mol. The van der Waals surface area contributed by atoms with Gasteiger partial charge in [-0.1, -0.05) is 22.9 Å². The number of halogens is 1. The molecule has 0 spiro atoms. The molecule has 0 aliphatic carbocycles. The van der Waals surface area contributed by atoms with Crippen molar-refractivity contribution in [2.24, 2.45) is 0 Å². The first-order chi connectivity index (χ1) is 7.83. The maximum Gasteiger partial charge on any atom is 0.250 e. The van der Waals surface area contributed by atoms with Gasteiger partial charge in [-0.25, -0.2) is 13.1 Å². The number of sulfonamides is 1. The molecule has 1 unspecified atom stereocenters. The zero-order chi connectivity index (χ0) is 13.1. The van der Waals surface area contributed by atoms with E-state index in [1.54, 1.807) is 6.07 Å². The molecule has 0 bridgehead atoms. The summed E-state index contributed by atoms with van der Waals surface area (Å²) in [7, 11) is -3.38. The summed E-state index contributed by atoms with van der Waals surface area (Å²) in [5.41, 5.74) is -0.389. The van der Waals surface area contributed by atoms with Gasteiger partial charge in [-0.3, -0.25) is 0 Å². The molecular weight excluding hydrogens is 322 g/mol. The molecule has 0 aromatic carbocycles. The maximum absolute atomic E-state index is 12.2. The van der Waals surface area contributed by atoms with Crippen LogP contribution in [0.25, 0.3) is 0 Å². The van der Waals surface area contributed by atoms with Gasteiger partial charge in [0.25, 0.3) is 10.0 Å². The van der Waals surface area contributed by atoms with E-state index >= 15 is 0 Å². The summed E-state index contributed by atoms with van der Waals surface area (Å²) >= 11 is 4.66. The highest BCUT2D eigenvalue weighted by atomic mass is 79.9. The van der Waals surface area contributed by atoms with Crippen LogP contribution in [0.4, 0.5) is 0 Å². The van der Waals surface area contributed by atoms with Crippen molar-refractivity contribution >= 4 is 37.3 Å². The lowest BCUT2D eigenvalue weighted by atomic mass is 9.98. The number of hydrogen-bond donors (Lipinski definition) is 1. The first kappa shape index (κ1) is 15.1. The van der Waals surface area contributed by atoms with E-state index in [0.29, 0.717) is 4.21 Å². The maximum atomic E-state index is 12.2. The molecule has 0 aliphatic rings. The van der Waals surface area contributed by atoms with E-state index in [1.165, 1.54) is 11.3 Å². The van der Waals surface area contributed by atoms with E-state index in [2.05, 4.69) is 20.7 Å². The molecule has 6 heteroatoms. The van der Waals surface area contributed by atoms with Crippen LogP contribution >= 0.6 is 27.3 Å². The molecular formula is C11H18BrNO2S2. The molecule has 1 N–H and O–H groups in total. The normalized spacial score (nSPS) is 15.8. The Hall–Kier alpha value is 0.0900. The van der Waals surface area contributed by atoms with E-state index in [1.807, 2.05) is 26.8 Å². The Morgan fingerprint density at radius 3 is 2.53 bits per heavy atom. The Bertz CT molecular complexity index is 470. The molecule has 1 aromatic rings. The fraction of sp³-hybridized carbons (Fsp3) is 0.636.